The predicted molar refractivity (Wildman–Crippen MR) is 139 cm³/mol. The van der Waals surface area contributed by atoms with E-state index < -0.39 is 11.5 Å². The summed E-state index contributed by atoms with van der Waals surface area (Å²) in [6.45, 7) is 2.99. The van der Waals surface area contributed by atoms with Crippen LogP contribution >= 0.6 is 10.2 Å². The van der Waals surface area contributed by atoms with Gasteiger partial charge in [0.15, 0.2) is 0 Å². The van der Waals surface area contributed by atoms with E-state index in [1.54, 1.807) is 24.0 Å². The molecular formula is C26H33NO5SSe. The Morgan fingerprint density at radius 1 is 0.971 bits per heavy atom. The molecule has 0 aliphatic rings. The number of benzene rings is 2. The fraction of sp³-hybridized carbons (Fsp3) is 0.423. The monoisotopic (exact) mass is 551 g/mol. The van der Waals surface area contributed by atoms with Crippen molar-refractivity contribution in [2.45, 2.75) is 52.1 Å². The van der Waals surface area contributed by atoms with Gasteiger partial charge in [-0.05, 0) is 0 Å². The molecule has 0 heterocycles. The standard InChI is InChI=1S/C26H33NO5SSe/c1-26(2,18-28)24(31)22(30)15-8-12-20(29)13-9-17-33-34-23-16-7-6-14-21(23)25(32)27-19-10-4-3-5-11-19/h3-7,10-11,14,16,24,28,31H,8-9,12-13,15,17-18H2,1-2H3,(H,27,32)/t24-/m0/s1. The quantitative estimate of drug-likeness (QED) is 0.232. The Balaban J connectivity index is 1.68. The molecule has 0 unspecified atom stereocenters. The van der Waals surface area contributed by atoms with Gasteiger partial charge in [0.05, 0.1) is 0 Å². The van der Waals surface area contributed by atoms with Crippen LogP contribution in [0.1, 0.15) is 56.3 Å². The van der Waals surface area contributed by atoms with E-state index in [1.165, 1.54) is 0 Å². The fourth-order valence-electron chi connectivity index (χ4n) is 3.12. The minimum absolute atomic E-state index is 0.0513. The van der Waals surface area contributed by atoms with E-state index in [2.05, 4.69) is 5.32 Å². The van der Waals surface area contributed by atoms with Gasteiger partial charge in [0.2, 0.25) is 0 Å². The van der Waals surface area contributed by atoms with Gasteiger partial charge in [-0.3, -0.25) is 0 Å². The number of anilines is 1. The zero-order valence-electron chi connectivity index (χ0n) is 19.7. The molecule has 2 rings (SSSR count). The van der Waals surface area contributed by atoms with Gasteiger partial charge in [0.1, 0.15) is 0 Å². The van der Waals surface area contributed by atoms with Crippen molar-refractivity contribution in [1.82, 2.24) is 0 Å². The summed E-state index contributed by atoms with van der Waals surface area (Å²) < 4.78 is 1.02. The van der Waals surface area contributed by atoms with Crippen LogP contribution in [-0.2, 0) is 9.59 Å². The van der Waals surface area contributed by atoms with Gasteiger partial charge >= 0.3 is 206 Å². The van der Waals surface area contributed by atoms with Crippen molar-refractivity contribution in [3.05, 3.63) is 60.2 Å². The van der Waals surface area contributed by atoms with Crippen LogP contribution in [0.25, 0.3) is 0 Å². The van der Waals surface area contributed by atoms with Crippen molar-refractivity contribution < 1.29 is 24.6 Å². The second-order valence-electron chi connectivity index (χ2n) is 8.73. The molecule has 0 spiro atoms. The molecule has 6 nitrogen and oxygen atoms in total. The average molecular weight is 551 g/mol. The summed E-state index contributed by atoms with van der Waals surface area (Å²) in [5.74, 6) is 0.476. The topological polar surface area (TPSA) is 104 Å². The third kappa shape index (κ3) is 9.35. The summed E-state index contributed by atoms with van der Waals surface area (Å²) in [4.78, 5) is 36.8. The minimum atomic E-state index is -1.22. The van der Waals surface area contributed by atoms with Crippen LogP contribution < -0.4 is 9.78 Å². The van der Waals surface area contributed by atoms with Crippen molar-refractivity contribution in [2.75, 3.05) is 17.7 Å². The first-order chi connectivity index (χ1) is 16.2. The Bertz CT molecular complexity index is 951. The number of Topliss-reactive ketones (excluding diaryl/α,β-unsaturated/α-hetero) is 2. The number of rotatable bonds is 15. The molecule has 1 amide bonds. The van der Waals surface area contributed by atoms with E-state index in [9.17, 15) is 24.6 Å². The zero-order chi connectivity index (χ0) is 25.0. The number of aliphatic hydroxyl groups excluding tert-OH is 2. The van der Waals surface area contributed by atoms with Crippen LogP contribution in [0.2, 0.25) is 0 Å². The number of carbonyl (C=O) groups excluding carboxylic acids is 3. The van der Waals surface area contributed by atoms with Gasteiger partial charge in [0.25, 0.3) is 0 Å². The van der Waals surface area contributed by atoms with Gasteiger partial charge in [0, 0.05) is 0 Å². The Labute approximate surface area is 211 Å². The number of nitrogens with one attached hydrogen (secondary N) is 1. The molecule has 1 atom stereocenters. The average Bonchev–Trinajstić information content (AvgIpc) is 2.84. The molecule has 0 fully saturated rings. The zero-order valence-corrected chi connectivity index (χ0v) is 22.2. The van der Waals surface area contributed by atoms with E-state index in [0.29, 0.717) is 24.8 Å². The number of para-hydroxylation sites is 1. The molecule has 0 saturated heterocycles. The van der Waals surface area contributed by atoms with Gasteiger partial charge in [-0.1, -0.05) is 0 Å². The van der Waals surface area contributed by atoms with Crippen molar-refractivity contribution in [3.63, 3.8) is 0 Å². The molecule has 0 aliphatic heterocycles. The summed E-state index contributed by atoms with van der Waals surface area (Å²) in [7, 11) is 1.74. The van der Waals surface area contributed by atoms with Crippen molar-refractivity contribution >= 4 is 51.6 Å². The van der Waals surface area contributed by atoms with Crippen molar-refractivity contribution in [3.8, 4) is 0 Å². The first kappa shape index (κ1) is 28.3. The van der Waals surface area contributed by atoms with Gasteiger partial charge in [-0.2, -0.15) is 0 Å². The molecule has 0 radical (unpaired) electrons. The Morgan fingerprint density at radius 2 is 1.62 bits per heavy atom. The Hall–Kier alpha value is -1.96. The SMILES string of the molecule is CC(C)(CO)[C@@H](O)C(=O)CCCC(=O)CCCS[Se]c1ccccc1C(=O)Nc1ccccc1. The fourth-order valence-corrected chi connectivity index (χ4v) is 7.22. The summed E-state index contributed by atoms with van der Waals surface area (Å²) in [5.41, 5.74) is 0.557. The summed E-state index contributed by atoms with van der Waals surface area (Å²) in [6.07, 6.45) is 0.850. The molecule has 2 aromatic carbocycles. The molecule has 0 bridgehead atoms. The molecule has 0 saturated carbocycles. The third-order valence-corrected chi connectivity index (χ3v) is 9.75. The number of ketones is 2. The Kier molecular flexibility index (Phi) is 12.0. The van der Waals surface area contributed by atoms with Gasteiger partial charge < -0.3 is 5.11 Å². The van der Waals surface area contributed by atoms with Crippen LogP contribution in [-0.4, -0.2) is 60.0 Å². The van der Waals surface area contributed by atoms with Crippen LogP contribution in [0.4, 0.5) is 5.69 Å². The van der Waals surface area contributed by atoms with Crippen LogP contribution in [0, 0.1) is 5.41 Å². The van der Waals surface area contributed by atoms with E-state index in [4.69, 9.17) is 0 Å². The maximum atomic E-state index is 12.7. The molecule has 184 valence electrons. The molecule has 8 heteroatoms. The van der Waals surface area contributed by atoms with Crippen LogP contribution in [0.3, 0.4) is 0 Å². The van der Waals surface area contributed by atoms with Gasteiger partial charge in [-0.25, -0.2) is 0 Å². The number of hydrogen-bond acceptors (Lipinski definition) is 6. The molecule has 0 aromatic heterocycles. The number of amides is 1. The number of carbonyl (C=O) groups is 3. The second kappa shape index (κ2) is 14.4. The van der Waals surface area contributed by atoms with E-state index in [-0.39, 0.29) is 44.3 Å². The van der Waals surface area contributed by atoms with Crippen LogP contribution in [0.15, 0.2) is 54.6 Å². The molecule has 3 N–H and O–H groups in total. The summed E-state index contributed by atoms with van der Waals surface area (Å²) in [5, 5.41) is 22.2. The molecular weight excluding hydrogens is 517 g/mol. The van der Waals surface area contributed by atoms with E-state index in [0.717, 1.165) is 22.3 Å². The molecule has 2 aromatic rings. The van der Waals surface area contributed by atoms with Crippen molar-refractivity contribution in [1.29, 1.82) is 0 Å². The van der Waals surface area contributed by atoms with Gasteiger partial charge in [-0.15, -0.1) is 0 Å². The maximum absolute atomic E-state index is 12.7. The Morgan fingerprint density at radius 3 is 2.32 bits per heavy atom. The van der Waals surface area contributed by atoms with Crippen LogP contribution in [0.5, 0.6) is 0 Å². The summed E-state index contributed by atoms with van der Waals surface area (Å²) >= 11 is 0.0513. The van der Waals surface area contributed by atoms with E-state index in [1.807, 2.05) is 54.6 Å². The predicted octanol–water partition coefficient (Wildman–Crippen LogP) is 3.38. The molecule has 34 heavy (non-hydrogen) atoms. The third-order valence-electron chi connectivity index (χ3n) is 5.33. The van der Waals surface area contributed by atoms with Crippen molar-refractivity contribution in [2.24, 2.45) is 5.41 Å². The number of hydrogen-bond donors (Lipinski definition) is 3. The molecule has 0 aliphatic carbocycles. The van der Waals surface area contributed by atoms with E-state index >= 15 is 0 Å². The first-order valence-corrected chi connectivity index (χ1v) is 15.2. The summed E-state index contributed by atoms with van der Waals surface area (Å²) in [6, 6.07) is 17.0. The second-order valence-corrected chi connectivity index (χ2v) is 13.0. The number of aliphatic hydroxyl groups is 2. The normalized spacial score (nSPS) is 12.2. The first-order valence-electron chi connectivity index (χ1n) is 11.3.